The lowest BCUT2D eigenvalue weighted by Crippen LogP contribution is -2.09. The first kappa shape index (κ1) is 15.2. The third kappa shape index (κ3) is 2.56. The van der Waals surface area contributed by atoms with Gasteiger partial charge in [0.05, 0.1) is 17.6 Å². The lowest BCUT2D eigenvalue weighted by molar-refractivity contribution is -0.384. The molecule has 1 fully saturated rings. The molecule has 6 heteroatoms. The molecule has 2 aromatic carbocycles. The Labute approximate surface area is 143 Å². The number of halogens is 1. The fourth-order valence-electron chi connectivity index (χ4n) is 3.30. The Morgan fingerprint density at radius 1 is 1.17 bits per heavy atom. The molecule has 3 aromatic rings. The molecule has 1 aromatic heterocycles. The highest BCUT2D eigenvalue weighted by Gasteiger charge is 2.23. The molecule has 0 radical (unpaired) electrons. The number of hydrogen-bond donors (Lipinski definition) is 0. The molecule has 4 rings (SSSR count). The zero-order valence-corrected chi connectivity index (χ0v) is 13.6. The second-order valence-corrected chi connectivity index (χ2v) is 6.36. The van der Waals surface area contributed by atoms with Crippen LogP contribution in [0.15, 0.2) is 48.5 Å². The Morgan fingerprint density at radius 3 is 2.62 bits per heavy atom. The van der Waals surface area contributed by atoms with Gasteiger partial charge in [0.15, 0.2) is 0 Å². The molecular formula is C18H15ClN2O3. The fraction of sp³-hybridized carbons (Fsp3) is 0.222. The van der Waals surface area contributed by atoms with Gasteiger partial charge in [0.25, 0.3) is 5.69 Å². The summed E-state index contributed by atoms with van der Waals surface area (Å²) >= 11 is 6.00. The summed E-state index contributed by atoms with van der Waals surface area (Å²) in [6.07, 6.45) is 0.932. The van der Waals surface area contributed by atoms with Crippen LogP contribution in [0.1, 0.15) is 12.5 Å². The predicted molar refractivity (Wildman–Crippen MR) is 93.5 cm³/mol. The van der Waals surface area contributed by atoms with E-state index in [-0.39, 0.29) is 16.7 Å². The molecule has 0 unspecified atom stereocenters. The summed E-state index contributed by atoms with van der Waals surface area (Å²) in [4.78, 5) is 10.7. The second-order valence-electron chi connectivity index (χ2n) is 5.92. The van der Waals surface area contributed by atoms with Gasteiger partial charge in [-0.2, -0.15) is 0 Å². The van der Waals surface area contributed by atoms with Crippen molar-refractivity contribution in [3.05, 3.63) is 63.7 Å². The molecule has 0 aliphatic carbocycles. The molecule has 0 N–H and O–H groups in total. The maximum Gasteiger partial charge on any atom is 0.270 e. The molecule has 5 nitrogen and oxygen atoms in total. The molecule has 1 aliphatic heterocycles. The van der Waals surface area contributed by atoms with Crippen LogP contribution in [0.4, 0.5) is 5.69 Å². The van der Waals surface area contributed by atoms with Crippen LogP contribution in [0.25, 0.3) is 22.2 Å². The Bertz CT molecular complexity index is 912. The van der Waals surface area contributed by atoms with Crippen molar-refractivity contribution in [3.63, 3.8) is 0 Å². The van der Waals surface area contributed by atoms with Crippen molar-refractivity contribution in [1.29, 1.82) is 0 Å². The largest absolute Gasteiger partial charge is 0.379 e. The molecule has 1 aliphatic rings. The van der Waals surface area contributed by atoms with Gasteiger partial charge in [-0.05, 0) is 36.2 Å². The van der Waals surface area contributed by atoms with Crippen molar-refractivity contribution in [2.75, 3.05) is 13.2 Å². The minimum atomic E-state index is -0.364. The Hall–Kier alpha value is -2.37. The van der Waals surface area contributed by atoms with E-state index in [0.29, 0.717) is 11.6 Å². The highest BCUT2D eigenvalue weighted by molar-refractivity contribution is 6.30. The highest BCUT2D eigenvalue weighted by atomic mass is 35.5. The van der Waals surface area contributed by atoms with Gasteiger partial charge < -0.3 is 9.30 Å². The topological polar surface area (TPSA) is 57.3 Å². The minimum absolute atomic E-state index is 0.102. The maximum absolute atomic E-state index is 11.1. The van der Waals surface area contributed by atoms with Crippen molar-refractivity contribution in [3.8, 4) is 11.3 Å². The number of nitro benzene ring substituents is 1. The molecule has 1 saturated heterocycles. The van der Waals surface area contributed by atoms with E-state index in [4.69, 9.17) is 16.3 Å². The molecular weight excluding hydrogens is 328 g/mol. The third-order valence-electron chi connectivity index (χ3n) is 4.44. The van der Waals surface area contributed by atoms with Crippen LogP contribution in [0, 0.1) is 10.1 Å². The van der Waals surface area contributed by atoms with E-state index >= 15 is 0 Å². The lowest BCUT2D eigenvalue weighted by Gasteiger charge is -2.17. The number of aromatic nitrogens is 1. The van der Waals surface area contributed by atoms with Gasteiger partial charge in [0.2, 0.25) is 0 Å². The van der Waals surface area contributed by atoms with Crippen molar-refractivity contribution in [2.45, 2.75) is 12.5 Å². The van der Waals surface area contributed by atoms with E-state index in [0.717, 1.165) is 35.2 Å². The monoisotopic (exact) mass is 342 g/mol. The molecule has 0 bridgehead atoms. The maximum atomic E-state index is 11.1. The summed E-state index contributed by atoms with van der Waals surface area (Å²) < 4.78 is 7.78. The van der Waals surface area contributed by atoms with Gasteiger partial charge in [-0.25, -0.2) is 0 Å². The van der Waals surface area contributed by atoms with E-state index in [1.54, 1.807) is 12.1 Å². The van der Waals surface area contributed by atoms with Gasteiger partial charge in [0, 0.05) is 40.4 Å². The second kappa shape index (κ2) is 5.92. The van der Waals surface area contributed by atoms with Crippen LogP contribution in [0.2, 0.25) is 5.02 Å². The van der Waals surface area contributed by atoms with E-state index < -0.39 is 0 Å². The van der Waals surface area contributed by atoms with Crippen LogP contribution in [-0.2, 0) is 4.74 Å². The van der Waals surface area contributed by atoms with Gasteiger partial charge in [-0.3, -0.25) is 10.1 Å². The predicted octanol–water partition coefficient (Wildman–Crippen LogP) is 4.83. The number of nitro groups is 1. The fourth-order valence-corrected chi connectivity index (χ4v) is 3.43. The van der Waals surface area contributed by atoms with Crippen LogP contribution in [0.5, 0.6) is 0 Å². The van der Waals surface area contributed by atoms with E-state index in [2.05, 4.69) is 4.57 Å². The summed E-state index contributed by atoms with van der Waals surface area (Å²) in [7, 11) is 0. The van der Waals surface area contributed by atoms with Crippen molar-refractivity contribution in [2.24, 2.45) is 0 Å². The average molecular weight is 343 g/mol. The first-order valence-corrected chi connectivity index (χ1v) is 8.14. The van der Waals surface area contributed by atoms with Crippen LogP contribution >= 0.6 is 11.6 Å². The first-order chi connectivity index (χ1) is 11.6. The molecule has 0 amide bonds. The number of benzene rings is 2. The average Bonchev–Trinajstić information content (AvgIpc) is 3.21. The number of hydrogen-bond acceptors (Lipinski definition) is 3. The molecule has 0 saturated carbocycles. The lowest BCUT2D eigenvalue weighted by atomic mass is 10.1. The van der Waals surface area contributed by atoms with Gasteiger partial charge in [0.1, 0.15) is 0 Å². The molecule has 122 valence electrons. The van der Waals surface area contributed by atoms with Crippen molar-refractivity contribution < 1.29 is 9.66 Å². The summed E-state index contributed by atoms with van der Waals surface area (Å²) in [6, 6.07) is 14.9. The van der Waals surface area contributed by atoms with E-state index in [1.165, 1.54) is 0 Å². The summed E-state index contributed by atoms with van der Waals surface area (Å²) in [5.41, 5.74) is 3.15. The normalized spacial score (nSPS) is 17.5. The van der Waals surface area contributed by atoms with Gasteiger partial charge >= 0.3 is 0 Å². The number of nitrogens with zero attached hydrogens (tertiary/aromatic N) is 2. The van der Waals surface area contributed by atoms with Crippen LogP contribution in [-0.4, -0.2) is 22.7 Å². The zero-order valence-electron chi connectivity index (χ0n) is 12.8. The number of rotatable bonds is 3. The van der Waals surface area contributed by atoms with Crippen molar-refractivity contribution in [1.82, 2.24) is 4.57 Å². The Balaban J connectivity index is 1.94. The standard InChI is InChI=1S/C18H15ClN2O3/c19-14-3-1-12(2-4-14)18-10-13-9-15(21(22)23)5-6-17(13)20(18)16-7-8-24-11-16/h1-6,9-10,16H,7-8,11H2/t16-/m0/s1. The molecule has 2 heterocycles. The van der Waals surface area contributed by atoms with Crippen LogP contribution in [0.3, 0.4) is 0 Å². The minimum Gasteiger partial charge on any atom is -0.379 e. The Morgan fingerprint density at radius 2 is 1.96 bits per heavy atom. The van der Waals surface area contributed by atoms with E-state index in [9.17, 15) is 10.1 Å². The van der Waals surface area contributed by atoms with Gasteiger partial charge in [-0.15, -0.1) is 0 Å². The van der Waals surface area contributed by atoms with Gasteiger partial charge in [-0.1, -0.05) is 23.7 Å². The number of fused-ring (bicyclic) bond motifs is 1. The zero-order chi connectivity index (χ0) is 16.7. The Kier molecular flexibility index (Phi) is 3.75. The molecule has 0 spiro atoms. The number of ether oxygens (including phenoxy) is 1. The smallest absolute Gasteiger partial charge is 0.270 e. The summed E-state index contributed by atoms with van der Waals surface area (Å²) in [5.74, 6) is 0. The van der Waals surface area contributed by atoms with E-state index in [1.807, 2.05) is 36.4 Å². The quantitative estimate of drug-likeness (QED) is 0.506. The summed E-state index contributed by atoms with van der Waals surface area (Å²) in [5, 5.41) is 12.6. The first-order valence-electron chi connectivity index (χ1n) is 7.76. The third-order valence-corrected chi connectivity index (χ3v) is 4.70. The summed E-state index contributed by atoms with van der Waals surface area (Å²) in [6.45, 7) is 1.39. The van der Waals surface area contributed by atoms with Crippen LogP contribution < -0.4 is 0 Å². The highest BCUT2D eigenvalue weighted by Crippen LogP contribution is 2.36. The van der Waals surface area contributed by atoms with Crippen molar-refractivity contribution >= 4 is 28.2 Å². The molecule has 24 heavy (non-hydrogen) atoms. The number of non-ortho nitro benzene ring substituents is 1. The SMILES string of the molecule is O=[N+]([O-])c1ccc2c(c1)cc(-c1ccc(Cl)cc1)n2[C@H]1CCOC1. The molecule has 1 atom stereocenters.